The van der Waals surface area contributed by atoms with Gasteiger partial charge in [-0.3, -0.25) is 9.69 Å². The minimum Gasteiger partial charge on any atom is -0.399 e. The largest absolute Gasteiger partial charge is 0.399 e. The zero-order valence-electron chi connectivity index (χ0n) is 16.6. The van der Waals surface area contributed by atoms with Crippen molar-refractivity contribution in [3.05, 3.63) is 59.2 Å². The summed E-state index contributed by atoms with van der Waals surface area (Å²) in [6.07, 6.45) is 6.54. The molecule has 0 saturated heterocycles. The van der Waals surface area contributed by atoms with Crippen LogP contribution in [0.4, 0.5) is 11.4 Å². The van der Waals surface area contributed by atoms with Gasteiger partial charge in [-0.25, -0.2) is 0 Å². The quantitative estimate of drug-likeness (QED) is 0.629. The normalized spacial score (nSPS) is 14.1. The Hall–Kier alpha value is -1.75. The summed E-state index contributed by atoms with van der Waals surface area (Å²) in [5.41, 5.74) is 10.0. The molecule has 3 rings (SSSR count). The van der Waals surface area contributed by atoms with E-state index >= 15 is 0 Å². The molecule has 1 saturated carbocycles. The third kappa shape index (κ3) is 6.13. The van der Waals surface area contributed by atoms with E-state index in [1.807, 2.05) is 37.3 Å². The molecule has 0 bridgehead atoms. The number of rotatable bonds is 5. The predicted octanol–water partition coefficient (Wildman–Crippen LogP) is 5.44. The molecule has 3 N–H and O–H groups in total. The van der Waals surface area contributed by atoms with E-state index in [0.717, 1.165) is 23.4 Å². The van der Waals surface area contributed by atoms with Gasteiger partial charge in [0, 0.05) is 29.5 Å². The second kappa shape index (κ2) is 11.3. The van der Waals surface area contributed by atoms with Crippen molar-refractivity contribution < 1.29 is 4.79 Å². The van der Waals surface area contributed by atoms with Gasteiger partial charge in [0.25, 0.3) is 5.91 Å². The van der Waals surface area contributed by atoms with Crippen molar-refractivity contribution in [2.24, 2.45) is 0 Å². The SMILES string of the molecule is Cc1ccc(N)cc1C(=O)Nc1ccccc1CN(C)C1CCCCC1.Cl.Cl. The lowest BCUT2D eigenvalue weighted by Gasteiger charge is -2.31. The van der Waals surface area contributed by atoms with Gasteiger partial charge in [-0.2, -0.15) is 0 Å². The maximum atomic E-state index is 12.7. The fourth-order valence-corrected chi connectivity index (χ4v) is 3.77. The molecule has 1 aliphatic rings. The fraction of sp³-hybridized carbons (Fsp3) is 0.409. The van der Waals surface area contributed by atoms with E-state index in [0.29, 0.717) is 17.3 Å². The number of carbonyl (C=O) groups excluding carboxylic acids is 1. The summed E-state index contributed by atoms with van der Waals surface area (Å²) in [5, 5.41) is 3.08. The minimum absolute atomic E-state index is 0. The van der Waals surface area contributed by atoms with Crippen molar-refractivity contribution in [2.45, 2.75) is 51.6 Å². The Morgan fingerprint density at radius 3 is 2.50 bits per heavy atom. The zero-order valence-corrected chi connectivity index (χ0v) is 18.2. The van der Waals surface area contributed by atoms with Crippen molar-refractivity contribution in [2.75, 3.05) is 18.1 Å². The fourth-order valence-electron chi connectivity index (χ4n) is 3.77. The number of aryl methyl sites for hydroxylation is 1. The van der Waals surface area contributed by atoms with Gasteiger partial charge in [-0.1, -0.05) is 43.5 Å². The summed E-state index contributed by atoms with van der Waals surface area (Å²) < 4.78 is 0. The molecular formula is C22H31Cl2N3O. The molecule has 154 valence electrons. The van der Waals surface area contributed by atoms with Crippen molar-refractivity contribution in [3.8, 4) is 0 Å². The van der Waals surface area contributed by atoms with Crippen LogP contribution in [0.2, 0.25) is 0 Å². The van der Waals surface area contributed by atoms with Crippen LogP contribution in [0, 0.1) is 6.92 Å². The Labute approximate surface area is 180 Å². The van der Waals surface area contributed by atoms with Gasteiger partial charge >= 0.3 is 0 Å². The smallest absolute Gasteiger partial charge is 0.256 e. The van der Waals surface area contributed by atoms with E-state index in [2.05, 4.69) is 23.3 Å². The molecule has 1 aliphatic carbocycles. The van der Waals surface area contributed by atoms with Gasteiger partial charge in [0.1, 0.15) is 0 Å². The summed E-state index contributed by atoms with van der Waals surface area (Å²) in [4.78, 5) is 15.2. The number of anilines is 2. The van der Waals surface area contributed by atoms with Crippen LogP contribution in [0.1, 0.15) is 53.6 Å². The molecule has 0 unspecified atom stereocenters. The number of nitrogens with zero attached hydrogens (tertiary/aromatic N) is 1. The van der Waals surface area contributed by atoms with Crippen LogP contribution in [-0.2, 0) is 6.54 Å². The van der Waals surface area contributed by atoms with Gasteiger partial charge in [0.05, 0.1) is 0 Å². The topological polar surface area (TPSA) is 58.4 Å². The van der Waals surface area contributed by atoms with Gasteiger partial charge in [-0.05, 0) is 56.1 Å². The number of hydrogen-bond donors (Lipinski definition) is 2. The number of hydrogen-bond acceptors (Lipinski definition) is 3. The Morgan fingerprint density at radius 2 is 1.79 bits per heavy atom. The molecule has 1 fully saturated rings. The van der Waals surface area contributed by atoms with E-state index < -0.39 is 0 Å². The van der Waals surface area contributed by atoms with Gasteiger partial charge in [0.15, 0.2) is 0 Å². The Kier molecular flexibility index (Phi) is 9.80. The van der Waals surface area contributed by atoms with Crippen LogP contribution in [0.25, 0.3) is 0 Å². The highest BCUT2D eigenvalue weighted by Crippen LogP contribution is 2.25. The lowest BCUT2D eigenvalue weighted by atomic mass is 9.94. The van der Waals surface area contributed by atoms with Crippen LogP contribution in [0.5, 0.6) is 0 Å². The molecule has 28 heavy (non-hydrogen) atoms. The monoisotopic (exact) mass is 423 g/mol. The molecule has 0 aliphatic heterocycles. The second-order valence-electron chi connectivity index (χ2n) is 7.39. The third-order valence-corrected chi connectivity index (χ3v) is 5.39. The molecular weight excluding hydrogens is 393 g/mol. The van der Waals surface area contributed by atoms with E-state index in [1.165, 1.54) is 32.1 Å². The second-order valence-corrected chi connectivity index (χ2v) is 7.39. The minimum atomic E-state index is -0.109. The highest BCUT2D eigenvalue weighted by atomic mass is 35.5. The molecule has 2 aromatic rings. The highest BCUT2D eigenvalue weighted by Gasteiger charge is 2.19. The third-order valence-electron chi connectivity index (χ3n) is 5.39. The average molecular weight is 424 g/mol. The zero-order chi connectivity index (χ0) is 18.5. The first kappa shape index (κ1) is 24.3. The number of para-hydroxylation sites is 1. The molecule has 0 radical (unpaired) electrons. The summed E-state index contributed by atoms with van der Waals surface area (Å²) in [6, 6.07) is 14.2. The molecule has 4 nitrogen and oxygen atoms in total. The first-order chi connectivity index (χ1) is 12.5. The van der Waals surface area contributed by atoms with Crippen LogP contribution in [-0.4, -0.2) is 23.9 Å². The summed E-state index contributed by atoms with van der Waals surface area (Å²) in [6.45, 7) is 2.77. The predicted molar refractivity (Wildman–Crippen MR) is 123 cm³/mol. The lowest BCUT2D eigenvalue weighted by Crippen LogP contribution is -2.33. The Morgan fingerprint density at radius 1 is 1.11 bits per heavy atom. The van der Waals surface area contributed by atoms with E-state index in [9.17, 15) is 4.79 Å². The van der Waals surface area contributed by atoms with Crippen molar-refractivity contribution >= 4 is 42.1 Å². The molecule has 0 atom stereocenters. The van der Waals surface area contributed by atoms with Crippen LogP contribution in [0.15, 0.2) is 42.5 Å². The Bertz CT molecular complexity index is 776. The Balaban J connectivity index is 0.00000196. The van der Waals surface area contributed by atoms with E-state index in [-0.39, 0.29) is 30.7 Å². The summed E-state index contributed by atoms with van der Waals surface area (Å²) in [7, 11) is 2.19. The van der Waals surface area contributed by atoms with Gasteiger partial charge < -0.3 is 11.1 Å². The maximum absolute atomic E-state index is 12.7. The maximum Gasteiger partial charge on any atom is 0.256 e. The molecule has 2 aromatic carbocycles. The van der Waals surface area contributed by atoms with Gasteiger partial charge in [-0.15, -0.1) is 24.8 Å². The number of halogens is 2. The van der Waals surface area contributed by atoms with Crippen LogP contribution < -0.4 is 11.1 Å². The molecule has 0 spiro atoms. The van der Waals surface area contributed by atoms with Gasteiger partial charge in [0.2, 0.25) is 0 Å². The number of amides is 1. The number of carbonyl (C=O) groups is 1. The summed E-state index contributed by atoms with van der Waals surface area (Å²) in [5.74, 6) is -0.109. The van der Waals surface area contributed by atoms with Crippen molar-refractivity contribution in [3.63, 3.8) is 0 Å². The molecule has 0 aromatic heterocycles. The first-order valence-electron chi connectivity index (χ1n) is 9.50. The van der Waals surface area contributed by atoms with Crippen molar-refractivity contribution in [1.82, 2.24) is 4.90 Å². The van der Waals surface area contributed by atoms with Crippen LogP contribution >= 0.6 is 24.8 Å². The highest BCUT2D eigenvalue weighted by molar-refractivity contribution is 6.06. The van der Waals surface area contributed by atoms with E-state index in [1.54, 1.807) is 6.07 Å². The molecule has 0 heterocycles. The first-order valence-corrected chi connectivity index (χ1v) is 9.50. The number of nitrogen functional groups attached to an aromatic ring is 1. The standard InChI is InChI=1S/C22H29N3O.2ClH/c1-16-12-13-18(23)14-20(16)22(26)24-21-11-7-6-8-17(21)15-25(2)19-9-4-3-5-10-19;;/h6-8,11-14,19H,3-5,9-10,15,23H2,1-2H3,(H,24,26);2*1H. The van der Waals surface area contributed by atoms with Crippen molar-refractivity contribution in [1.29, 1.82) is 0 Å². The number of benzene rings is 2. The molecule has 1 amide bonds. The number of nitrogens with one attached hydrogen (secondary N) is 1. The van der Waals surface area contributed by atoms with E-state index in [4.69, 9.17) is 5.73 Å². The van der Waals surface area contributed by atoms with Crippen LogP contribution in [0.3, 0.4) is 0 Å². The lowest BCUT2D eigenvalue weighted by molar-refractivity contribution is 0.102. The average Bonchev–Trinajstić information content (AvgIpc) is 2.66. The summed E-state index contributed by atoms with van der Waals surface area (Å²) >= 11 is 0. The number of nitrogens with two attached hydrogens (primary N) is 1. The molecule has 6 heteroatoms.